The predicted molar refractivity (Wildman–Crippen MR) is 76.7 cm³/mol. The molecule has 0 saturated carbocycles. The van der Waals surface area contributed by atoms with Gasteiger partial charge >= 0.3 is 0 Å². The lowest BCUT2D eigenvalue weighted by Crippen LogP contribution is -2.10. The minimum Gasteiger partial charge on any atom is -0.398 e. The molecule has 0 amide bonds. The lowest BCUT2D eigenvalue weighted by atomic mass is 10.2. The van der Waals surface area contributed by atoms with Crippen molar-refractivity contribution in [1.82, 2.24) is 0 Å². The second-order valence-corrected chi connectivity index (χ2v) is 4.26. The van der Waals surface area contributed by atoms with Gasteiger partial charge in [-0.15, -0.1) is 0 Å². The molecule has 0 aromatic heterocycles. The van der Waals surface area contributed by atoms with E-state index >= 15 is 0 Å². The molecule has 2 rings (SSSR count). The van der Waals surface area contributed by atoms with Crippen LogP contribution in [0.3, 0.4) is 0 Å². The molecule has 6 heteroatoms. The zero-order chi connectivity index (χ0) is 14.7. The predicted octanol–water partition coefficient (Wildman–Crippen LogP) is 2.82. The Balaban J connectivity index is 2.45. The van der Waals surface area contributed by atoms with E-state index in [2.05, 4.69) is 6.07 Å². The van der Waals surface area contributed by atoms with E-state index in [9.17, 15) is 10.1 Å². The van der Waals surface area contributed by atoms with Crippen molar-refractivity contribution in [1.29, 1.82) is 5.26 Å². The largest absolute Gasteiger partial charge is 0.398 e. The summed E-state index contributed by atoms with van der Waals surface area (Å²) >= 11 is 0. The molecule has 0 saturated heterocycles. The lowest BCUT2D eigenvalue weighted by molar-refractivity contribution is -0.384. The molecule has 20 heavy (non-hydrogen) atoms. The molecule has 0 aliphatic rings. The van der Waals surface area contributed by atoms with Crippen LogP contribution in [0.1, 0.15) is 5.56 Å². The summed E-state index contributed by atoms with van der Waals surface area (Å²) in [7, 11) is 1.76. The minimum absolute atomic E-state index is 0.0664. The quantitative estimate of drug-likeness (QED) is 0.524. The number of hydrogen-bond acceptors (Lipinski definition) is 5. The van der Waals surface area contributed by atoms with Gasteiger partial charge in [0.2, 0.25) is 0 Å². The summed E-state index contributed by atoms with van der Waals surface area (Å²) in [6, 6.07) is 13.4. The minimum atomic E-state index is -0.487. The highest BCUT2D eigenvalue weighted by Gasteiger charge is 2.12. The van der Waals surface area contributed by atoms with E-state index in [1.165, 1.54) is 12.1 Å². The summed E-state index contributed by atoms with van der Waals surface area (Å²) in [5.74, 6) is 0. The molecule has 0 atom stereocenters. The summed E-state index contributed by atoms with van der Waals surface area (Å²) in [5.41, 5.74) is 7.80. The van der Waals surface area contributed by atoms with Crippen LogP contribution in [-0.2, 0) is 0 Å². The topological polar surface area (TPSA) is 96.2 Å². The Morgan fingerprint density at radius 3 is 2.65 bits per heavy atom. The fourth-order valence-electron chi connectivity index (χ4n) is 1.85. The highest BCUT2D eigenvalue weighted by Crippen LogP contribution is 2.29. The van der Waals surface area contributed by atoms with Crippen molar-refractivity contribution in [2.75, 3.05) is 17.7 Å². The van der Waals surface area contributed by atoms with Gasteiger partial charge in [-0.3, -0.25) is 10.1 Å². The summed E-state index contributed by atoms with van der Waals surface area (Å²) in [4.78, 5) is 12.1. The van der Waals surface area contributed by atoms with Gasteiger partial charge in [-0.25, -0.2) is 0 Å². The van der Waals surface area contributed by atoms with Crippen molar-refractivity contribution in [2.45, 2.75) is 0 Å². The van der Waals surface area contributed by atoms with Crippen LogP contribution in [0.5, 0.6) is 0 Å². The van der Waals surface area contributed by atoms with Crippen LogP contribution in [0.25, 0.3) is 0 Å². The molecule has 0 bridgehead atoms. The maximum Gasteiger partial charge on any atom is 0.273 e. The third kappa shape index (κ3) is 2.67. The van der Waals surface area contributed by atoms with Crippen molar-refractivity contribution in [3.63, 3.8) is 0 Å². The Kier molecular flexibility index (Phi) is 3.53. The molecule has 0 radical (unpaired) electrons. The molecule has 0 spiro atoms. The molecule has 6 nitrogen and oxygen atoms in total. The fraction of sp³-hybridized carbons (Fsp3) is 0.0714. The first-order valence-corrected chi connectivity index (χ1v) is 5.80. The van der Waals surface area contributed by atoms with E-state index < -0.39 is 4.92 Å². The Morgan fingerprint density at radius 2 is 2.00 bits per heavy atom. The molecular weight excluding hydrogens is 256 g/mol. The van der Waals surface area contributed by atoms with Gasteiger partial charge in [-0.2, -0.15) is 5.26 Å². The molecule has 0 heterocycles. The smallest absolute Gasteiger partial charge is 0.273 e. The molecule has 0 aliphatic heterocycles. The Labute approximate surface area is 115 Å². The maximum absolute atomic E-state index is 10.9. The molecular formula is C14H12N4O2. The van der Waals surface area contributed by atoms with Crippen molar-refractivity contribution >= 4 is 22.7 Å². The van der Waals surface area contributed by atoms with Gasteiger partial charge in [0.15, 0.2) is 0 Å². The Hall–Kier alpha value is -3.07. The second-order valence-electron chi connectivity index (χ2n) is 4.26. The molecule has 2 aromatic carbocycles. The third-order valence-corrected chi connectivity index (χ3v) is 2.89. The van der Waals surface area contributed by atoms with E-state index in [1.54, 1.807) is 36.2 Å². The summed E-state index contributed by atoms with van der Waals surface area (Å²) in [6.45, 7) is 0. The van der Waals surface area contributed by atoms with Crippen LogP contribution in [-0.4, -0.2) is 12.0 Å². The van der Waals surface area contributed by atoms with E-state index in [1.807, 2.05) is 6.07 Å². The van der Waals surface area contributed by atoms with Crippen molar-refractivity contribution in [3.8, 4) is 6.07 Å². The first kappa shape index (κ1) is 13.4. The zero-order valence-electron chi connectivity index (χ0n) is 10.8. The number of nitriles is 1. The maximum atomic E-state index is 10.9. The fourth-order valence-corrected chi connectivity index (χ4v) is 1.85. The Morgan fingerprint density at radius 1 is 1.25 bits per heavy atom. The van der Waals surface area contributed by atoms with Gasteiger partial charge in [-0.05, 0) is 24.3 Å². The van der Waals surface area contributed by atoms with Gasteiger partial charge in [-0.1, -0.05) is 6.07 Å². The average molecular weight is 268 g/mol. The zero-order valence-corrected chi connectivity index (χ0v) is 10.8. The van der Waals surface area contributed by atoms with E-state index in [-0.39, 0.29) is 5.69 Å². The molecule has 0 aliphatic carbocycles. The number of nitrogen functional groups attached to an aromatic ring is 1. The molecule has 2 aromatic rings. The third-order valence-electron chi connectivity index (χ3n) is 2.89. The lowest BCUT2D eigenvalue weighted by Gasteiger charge is -2.19. The highest BCUT2D eigenvalue weighted by atomic mass is 16.6. The molecule has 100 valence electrons. The number of benzene rings is 2. The van der Waals surface area contributed by atoms with Crippen molar-refractivity contribution < 1.29 is 4.92 Å². The van der Waals surface area contributed by atoms with E-state index in [0.717, 1.165) is 5.69 Å². The number of hydrogen-bond donors (Lipinski definition) is 1. The molecule has 0 fully saturated rings. The summed E-state index contributed by atoms with van der Waals surface area (Å²) in [5, 5.41) is 19.8. The first-order chi connectivity index (χ1) is 9.51. The normalized spacial score (nSPS) is 9.80. The highest BCUT2D eigenvalue weighted by molar-refractivity contribution is 5.70. The standard InChI is InChI=1S/C14H12N4O2/c1-17(12-4-2-3-10(5-12)9-15)13-6-11(16)7-14(8-13)18(19)20/h2-8H,16H2,1H3. The van der Waals surface area contributed by atoms with Crippen LogP contribution < -0.4 is 10.6 Å². The Bertz CT molecular complexity index is 707. The summed E-state index contributed by atoms with van der Waals surface area (Å²) < 4.78 is 0. The SMILES string of the molecule is CN(c1cccc(C#N)c1)c1cc(N)cc([N+](=O)[O-])c1. The van der Waals surface area contributed by atoms with Gasteiger partial charge in [0.25, 0.3) is 5.69 Å². The first-order valence-electron chi connectivity index (χ1n) is 5.80. The van der Waals surface area contributed by atoms with Gasteiger partial charge in [0.1, 0.15) is 0 Å². The van der Waals surface area contributed by atoms with Crippen molar-refractivity contribution in [2.24, 2.45) is 0 Å². The number of nitro benzene ring substituents is 1. The number of nitro groups is 1. The number of nitrogens with zero attached hydrogens (tertiary/aromatic N) is 3. The van der Waals surface area contributed by atoms with Crippen LogP contribution in [0.15, 0.2) is 42.5 Å². The van der Waals surface area contributed by atoms with Crippen LogP contribution in [0.4, 0.5) is 22.7 Å². The van der Waals surface area contributed by atoms with Gasteiger partial charge in [0, 0.05) is 36.2 Å². The number of nitrogens with two attached hydrogens (primary N) is 1. The number of non-ortho nitro benzene ring substituents is 1. The molecule has 0 unspecified atom stereocenters. The van der Waals surface area contributed by atoms with E-state index in [0.29, 0.717) is 16.9 Å². The van der Waals surface area contributed by atoms with Gasteiger partial charge in [0.05, 0.1) is 16.6 Å². The van der Waals surface area contributed by atoms with Crippen LogP contribution in [0.2, 0.25) is 0 Å². The van der Waals surface area contributed by atoms with Crippen LogP contribution >= 0.6 is 0 Å². The van der Waals surface area contributed by atoms with Crippen molar-refractivity contribution in [3.05, 3.63) is 58.1 Å². The number of anilines is 3. The second kappa shape index (κ2) is 5.28. The number of rotatable bonds is 3. The van der Waals surface area contributed by atoms with E-state index in [4.69, 9.17) is 11.0 Å². The monoisotopic (exact) mass is 268 g/mol. The van der Waals surface area contributed by atoms with Gasteiger partial charge < -0.3 is 10.6 Å². The molecule has 2 N–H and O–H groups in total. The summed E-state index contributed by atoms with van der Waals surface area (Å²) in [6.07, 6.45) is 0. The van der Waals surface area contributed by atoms with Crippen LogP contribution in [0, 0.1) is 21.4 Å². The average Bonchev–Trinajstić information content (AvgIpc) is 2.45.